The Morgan fingerprint density at radius 3 is 2.15 bits per heavy atom. The van der Waals surface area contributed by atoms with Crippen molar-refractivity contribution < 1.29 is 4.79 Å². The van der Waals surface area contributed by atoms with Crippen LogP contribution in [0, 0.1) is 5.92 Å². The molecule has 4 heterocycles. The van der Waals surface area contributed by atoms with E-state index in [0.29, 0.717) is 17.6 Å². The first-order valence-corrected chi connectivity index (χ1v) is 9.60. The molecular weight excluding hydrogens is 342 g/mol. The molecule has 2 aromatic heterocycles. The molecule has 2 aliphatic heterocycles. The Morgan fingerprint density at radius 2 is 1.48 bits per heavy atom. The van der Waals surface area contributed by atoms with Crippen molar-refractivity contribution in [3.05, 3.63) is 36.4 Å². The third-order valence-electron chi connectivity index (χ3n) is 5.33. The van der Waals surface area contributed by atoms with Gasteiger partial charge in [0.1, 0.15) is 5.69 Å². The van der Waals surface area contributed by atoms with Crippen LogP contribution in [0.3, 0.4) is 0 Å². The number of carbonyl (C=O) groups excluding carboxylic acids is 1. The molecule has 1 amide bonds. The minimum absolute atomic E-state index is 0.0156. The number of piperidine rings is 1. The zero-order valence-electron chi connectivity index (χ0n) is 15.7. The highest BCUT2D eigenvalue weighted by atomic mass is 16.2. The predicted molar refractivity (Wildman–Crippen MR) is 103 cm³/mol. The third-order valence-corrected chi connectivity index (χ3v) is 5.33. The molecule has 0 aliphatic carbocycles. The Balaban J connectivity index is 1.40. The van der Waals surface area contributed by atoms with E-state index < -0.39 is 0 Å². The average molecular weight is 367 g/mol. The molecule has 8 heteroatoms. The molecule has 0 radical (unpaired) electrons. The van der Waals surface area contributed by atoms with E-state index in [1.54, 1.807) is 24.7 Å². The van der Waals surface area contributed by atoms with Crippen LogP contribution in [0.2, 0.25) is 0 Å². The topological polar surface area (TPSA) is 78.4 Å². The molecule has 8 nitrogen and oxygen atoms in total. The maximum Gasteiger partial charge on any atom is 0.272 e. The molecule has 0 bridgehead atoms. The zero-order valence-corrected chi connectivity index (χ0v) is 15.7. The number of aromatic nitrogens is 4. The van der Waals surface area contributed by atoms with Crippen molar-refractivity contribution in [3.8, 4) is 0 Å². The zero-order chi connectivity index (χ0) is 18.6. The van der Waals surface area contributed by atoms with Crippen LogP contribution in [-0.4, -0.2) is 70.0 Å². The van der Waals surface area contributed by atoms with E-state index in [-0.39, 0.29) is 5.91 Å². The largest absolute Gasteiger partial charge is 0.337 e. The van der Waals surface area contributed by atoms with Gasteiger partial charge in [-0.15, -0.1) is 0 Å². The number of hydrogen-bond acceptors (Lipinski definition) is 7. The van der Waals surface area contributed by atoms with E-state index in [0.717, 1.165) is 58.1 Å². The van der Waals surface area contributed by atoms with Gasteiger partial charge >= 0.3 is 0 Å². The normalized spacial score (nSPS) is 18.6. The number of nitrogens with zero attached hydrogens (tertiary/aromatic N) is 7. The van der Waals surface area contributed by atoms with Crippen LogP contribution < -0.4 is 9.80 Å². The molecule has 0 spiro atoms. The molecule has 2 aromatic rings. The number of rotatable bonds is 3. The molecule has 142 valence electrons. The summed E-state index contributed by atoms with van der Waals surface area (Å²) in [6.07, 6.45) is 7.33. The molecule has 2 fully saturated rings. The van der Waals surface area contributed by atoms with Crippen LogP contribution in [0.4, 0.5) is 11.9 Å². The number of carbonyl (C=O) groups is 1. The van der Waals surface area contributed by atoms with E-state index in [1.807, 2.05) is 11.0 Å². The summed E-state index contributed by atoms with van der Waals surface area (Å²) in [6.45, 7) is 7.02. The minimum Gasteiger partial charge on any atom is -0.337 e. The van der Waals surface area contributed by atoms with Gasteiger partial charge in [-0.1, -0.05) is 6.92 Å². The van der Waals surface area contributed by atoms with Gasteiger partial charge in [-0.25, -0.2) is 19.9 Å². The Morgan fingerprint density at radius 1 is 0.889 bits per heavy atom. The quantitative estimate of drug-likeness (QED) is 0.813. The van der Waals surface area contributed by atoms with Gasteiger partial charge in [0.2, 0.25) is 11.9 Å². The SMILES string of the molecule is CC1CCN(C(=O)c2ccnc(N3CCN(c4ncccn4)CC3)n2)CC1. The summed E-state index contributed by atoms with van der Waals surface area (Å²) in [5.74, 6) is 2.09. The standard InChI is InChI=1S/C19H25N7O/c1-15-4-9-24(10-5-15)17(27)16-3-8-22-19(23-16)26-13-11-25(12-14-26)18-20-6-2-7-21-18/h2-3,6-8,15H,4-5,9-14H2,1H3. The maximum atomic E-state index is 12.8. The van der Waals surface area contributed by atoms with Crippen molar-refractivity contribution in [3.63, 3.8) is 0 Å². The lowest BCUT2D eigenvalue weighted by Gasteiger charge is -2.34. The Kier molecular flexibility index (Phi) is 5.13. The molecule has 2 saturated heterocycles. The van der Waals surface area contributed by atoms with E-state index in [9.17, 15) is 4.79 Å². The van der Waals surface area contributed by atoms with Crippen LogP contribution in [0.15, 0.2) is 30.7 Å². The van der Waals surface area contributed by atoms with Crippen LogP contribution in [0.5, 0.6) is 0 Å². The van der Waals surface area contributed by atoms with Crippen molar-refractivity contribution in [2.45, 2.75) is 19.8 Å². The number of likely N-dealkylation sites (tertiary alicyclic amines) is 1. The first kappa shape index (κ1) is 17.6. The van der Waals surface area contributed by atoms with Gasteiger partial charge in [0.25, 0.3) is 5.91 Å². The number of anilines is 2. The summed E-state index contributed by atoms with van der Waals surface area (Å²) < 4.78 is 0. The van der Waals surface area contributed by atoms with E-state index in [1.165, 1.54) is 0 Å². The molecule has 27 heavy (non-hydrogen) atoms. The van der Waals surface area contributed by atoms with Gasteiger partial charge in [0.05, 0.1) is 0 Å². The monoisotopic (exact) mass is 367 g/mol. The van der Waals surface area contributed by atoms with Crippen molar-refractivity contribution in [2.75, 3.05) is 49.1 Å². The molecule has 0 unspecified atom stereocenters. The fourth-order valence-corrected chi connectivity index (χ4v) is 3.55. The summed E-state index contributed by atoms with van der Waals surface area (Å²) in [4.78, 5) is 36.5. The second kappa shape index (κ2) is 7.85. The van der Waals surface area contributed by atoms with Crippen molar-refractivity contribution in [1.82, 2.24) is 24.8 Å². The van der Waals surface area contributed by atoms with Gasteiger partial charge in [0, 0.05) is 57.9 Å². The van der Waals surface area contributed by atoms with E-state index in [2.05, 4.69) is 36.7 Å². The summed E-state index contributed by atoms with van der Waals surface area (Å²) in [6, 6.07) is 3.54. The fourth-order valence-electron chi connectivity index (χ4n) is 3.55. The van der Waals surface area contributed by atoms with Crippen molar-refractivity contribution in [2.24, 2.45) is 5.92 Å². The maximum absolute atomic E-state index is 12.8. The Hall–Kier alpha value is -2.77. The smallest absolute Gasteiger partial charge is 0.272 e. The van der Waals surface area contributed by atoms with E-state index >= 15 is 0 Å². The number of hydrogen-bond donors (Lipinski definition) is 0. The van der Waals surface area contributed by atoms with Gasteiger partial charge < -0.3 is 14.7 Å². The highest BCUT2D eigenvalue weighted by molar-refractivity contribution is 5.92. The Bertz CT molecular complexity index is 769. The fraction of sp³-hybridized carbons (Fsp3) is 0.526. The Labute approximate surface area is 159 Å². The summed E-state index contributed by atoms with van der Waals surface area (Å²) in [5, 5.41) is 0. The molecular formula is C19H25N7O. The van der Waals surface area contributed by atoms with Gasteiger partial charge in [-0.2, -0.15) is 0 Å². The average Bonchev–Trinajstić information content (AvgIpc) is 2.75. The first-order valence-electron chi connectivity index (χ1n) is 9.60. The second-order valence-corrected chi connectivity index (χ2v) is 7.24. The lowest BCUT2D eigenvalue weighted by Crippen LogP contribution is -2.47. The molecule has 0 saturated carbocycles. The van der Waals surface area contributed by atoms with E-state index in [4.69, 9.17) is 0 Å². The van der Waals surface area contributed by atoms with Gasteiger partial charge in [0.15, 0.2) is 0 Å². The highest BCUT2D eigenvalue weighted by Gasteiger charge is 2.25. The predicted octanol–water partition coefficient (Wildman–Crippen LogP) is 1.47. The lowest BCUT2D eigenvalue weighted by molar-refractivity contribution is 0.0691. The first-order chi connectivity index (χ1) is 13.2. The molecule has 2 aliphatic rings. The molecule has 0 aromatic carbocycles. The van der Waals surface area contributed by atoms with Crippen LogP contribution in [0.25, 0.3) is 0 Å². The van der Waals surface area contributed by atoms with Gasteiger partial charge in [-0.05, 0) is 30.9 Å². The molecule has 4 rings (SSSR count). The second-order valence-electron chi connectivity index (χ2n) is 7.24. The summed E-state index contributed by atoms with van der Waals surface area (Å²) in [7, 11) is 0. The summed E-state index contributed by atoms with van der Waals surface area (Å²) >= 11 is 0. The van der Waals surface area contributed by atoms with Crippen molar-refractivity contribution in [1.29, 1.82) is 0 Å². The lowest BCUT2D eigenvalue weighted by atomic mass is 9.99. The molecule has 0 N–H and O–H groups in total. The molecule has 0 atom stereocenters. The highest BCUT2D eigenvalue weighted by Crippen LogP contribution is 2.19. The van der Waals surface area contributed by atoms with Crippen LogP contribution in [0.1, 0.15) is 30.3 Å². The minimum atomic E-state index is 0.0156. The third kappa shape index (κ3) is 3.99. The summed E-state index contributed by atoms with van der Waals surface area (Å²) in [5.41, 5.74) is 0.489. The number of piperazine rings is 1. The van der Waals surface area contributed by atoms with Crippen molar-refractivity contribution >= 4 is 17.8 Å². The van der Waals surface area contributed by atoms with Gasteiger partial charge in [-0.3, -0.25) is 4.79 Å². The van der Waals surface area contributed by atoms with Crippen LogP contribution >= 0.6 is 0 Å². The number of amides is 1. The van der Waals surface area contributed by atoms with Crippen LogP contribution in [-0.2, 0) is 0 Å².